The average Bonchev–Trinajstić information content (AvgIpc) is 2.79. The van der Waals surface area contributed by atoms with Crippen LogP contribution in [0.15, 0.2) is 10.5 Å². The Balaban J connectivity index is 1.91. The van der Waals surface area contributed by atoms with Crippen LogP contribution in [0.3, 0.4) is 0 Å². The molecule has 1 aliphatic rings. The van der Waals surface area contributed by atoms with Gasteiger partial charge in [0.25, 0.3) is 0 Å². The van der Waals surface area contributed by atoms with Gasteiger partial charge >= 0.3 is 0 Å². The molecule has 0 radical (unpaired) electrons. The highest BCUT2D eigenvalue weighted by molar-refractivity contribution is 5.20. The predicted octanol–water partition coefficient (Wildman–Crippen LogP) is 4.10. The smallest absolute Gasteiger partial charge is 0.118 e. The van der Waals surface area contributed by atoms with Crippen LogP contribution in [0, 0.1) is 12.8 Å². The van der Waals surface area contributed by atoms with E-state index in [9.17, 15) is 0 Å². The van der Waals surface area contributed by atoms with Crippen LogP contribution in [0.5, 0.6) is 0 Å². The molecule has 1 heterocycles. The van der Waals surface area contributed by atoms with E-state index in [1.165, 1.54) is 37.7 Å². The van der Waals surface area contributed by atoms with Gasteiger partial charge in [-0.2, -0.15) is 0 Å². The SMILES string of the molecule is CCCNCc1cc(CN(C)C2CCCCC2C)oc1C. The Labute approximate surface area is 130 Å². The van der Waals surface area contributed by atoms with Crippen molar-refractivity contribution in [2.45, 2.75) is 72.0 Å². The van der Waals surface area contributed by atoms with Crippen LogP contribution in [0.4, 0.5) is 0 Å². The van der Waals surface area contributed by atoms with Gasteiger partial charge in [-0.15, -0.1) is 0 Å². The minimum atomic E-state index is 0.714. The zero-order valence-corrected chi connectivity index (χ0v) is 14.2. The first-order valence-electron chi connectivity index (χ1n) is 8.61. The third-order valence-electron chi connectivity index (χ3n) is 4.85. The van der Waals surface area contributed by atoms with Gasteiger partial charge in [0.2, 0.25) is 0 Å². The molecule has 1 aromatic rings. The van der Waals surface area contributed by atoms with Crippen molar-refractivity contribution in [2.24, 2.45) is 5.92 Å². The Morgan fingerprint density at radius 3 is 2.81 bits per heavy atom. The number of nitrogens with one attached hydrogen (secondary N) is 1. The lowest BCUT2D eigenvalue weighted by Gasteiger charge is -2.35. The summed E-state index contributed by atoms with van der Waals surface area (Å²) in [5, 5.41) is 3.46. The molecule has 0 spiro atoms. The first kappa shape index (κ1) is 16.6. The van der Waals surface area contributed by atoms with Gasteiger partial charge in [0.15, 0.2) is 0 Å². The number of nitrogens with zero attached hydrogens (tertiary/aromatic N) is 1. The minimum Gasteiger partial charge on any atom is -0.465 e. The molecule has 1 N–H and O–H groups in total. The predicted molar refractivity (Wildman–Crippen MR) is 88.3 cm³/mol. The normalized spacial score (nSPS) is 22.9. The first-order valence-corrected chi connectivity index (χ1v) is 8.61. The van der Waals surface area contributed by atoms with E-state index in [0.29, 0.717) is 6.04 Å². The molecule has 3 heteroatoms. The maximum absolute atomic E-state index is 5.96. The highest BCUT2D eigenvalue weighted by Gasteiger charge is 2.25. The molecule has 0 aromatic carbocycles. The lowest BCUT2D eigenvalue weighted by molar-refractivity contribution is 0.125. The number of hydrogen-bond donors (Lipinski definition) is 1. The third-order valence-corrected chi connectivity index (χ3v) is 4.85. The summed E-state index contributed by atoms with van der Waals surface area (Å²) in [6.45, 7) is 9.60. The van der Waals surface area contributed by atoms with E-state index in [4.69, 9.17) is 4.42 Å². The molecule has 2 rings (SSSR count). The molecule has 1 aromatic heterocycles. The fourth-order valence-electron chi connectivity index (χ4n) is 3.56. The van der Waals surface area contributed by atoms with E-state index >= 15 is 0 Å². The minimum absolute atomic E-state index is 0.714. The molecule has 120 valence electrons. The average molecular weight is 292 g/mol. The maximum atomic E-state index is 5.96. The fourth-order valence-corrected chi connectivity index (χ4v) is 3.56. The van der Waals surface area contributed by atoms with Gasteiger partial charge in [0.05, 0.1) is 6.54 Å². The van der Waals surface area contributed by atoms with E-state index < -0.39 is 0 Å². The van der Waals surface area contributed by atoms with Crippen molar-refractivity contribution in [2.75, 3.05) is 13.6 Å². The van der Waals surface area contributed by atoms with Crippen molar-refractivity contribution in [3.63, 3.8) is 0 Å². The fraction of sp³-hybridized carbons (Fsp3) is 0.778. The summed E-state index contributed by atoms with van der Waals surface area (Å²) in [7, 11) is 2.25. The molecule has 1 saturated carbocycles. The second kappa shape index (κ2) is 8.00. The Hall–Kier alpha value is -0.800. The Bertz CT molecular complexity index is 427. The first-order chi connectivity index (χ1) is 10.1. The van der Waals surface area contributed by atoms with Gasteiger partial charge < -0.3 is 9.73 Å². The maximum Gasteiger partial charge on any atom is 0.118 e. The van der Waals surface area contributed by atoms with E-state index in [2.05, 4.69) is 44.1 Å². The number of rotatable bonds is 7. The summed E-state index contributed by atoms with van der Waals surface area (Å²) in [6.07, 6.45) is 6.66. The highest BCUT2D eigenvalue weighted by atomic mass is 16.3. The quantitative estimate of drug-likeness (QED) is 0.767. The summed E-state index contributed by atoms with van der Waals surface area (Å²) in [4.78, 5) is 2.49. The van der Waals surface area contributed by atoms with Crippen LogP contribution >= 0.6 is 0 Å². The van der Waals surface area contributed by atoms with Crippen molar-refractivity contribution in [3.8, 4) is 0 Å². The topological polar surface area (TPSA) is 28.4 Å². The lowest BCUT2D eigenvalue weighted by atomic mass is 9.85. The van der Waals surface area contributed by atoms with E-state index in [0.717, 1.165) is 37.1 Å². The van der Waals surface area contributed by atoms with Gasteiger partial charge in [0.1, 0.15) is 11.5 Å². The molecule has 21 heavy (non-hydrogen) atoms. The molecule has 0 amide bonds. The highest BCUT2D eigenvalue weighted by Crippen LogP contribution is 2.28. The van der Waals surface area contributed by atoms with Crippen molar-refractivity contribution in [3.05, 3.63) is 23.2 Å². The zero-order chi connectivity index (χ0) is 15.2. The van der Waals surface area contributed by atoms with Crippen LogP contribution in [-0.2, 0) is 13.1 Å². The van der Waals surface area contributed by atoms with Crippen LogP contribution in [-0.4, -0.2) is 24.5 Å². The molecule has 2 atom stereocenters. The summed E-state index contributed by atoms with van der Waals surface area (Å²) < 4.78 is 5.96. The molecule has 3 nitrogen and oxygen atoms in total. The summed E-state index contributed by atoms with van der Waals surface area (Å²) in [5.41, 5.74) is 1.31. The molecule has 0 aliphatic heterocycles. The van der Waals surface area contributed by atoms with E-state index in [-0.39, 0.29) is 0 Å². The largest absolute Gasteiger partial charge is 0.465 e. The summed E-state index contributed by atoms with van der Waals surface area (Å²) in [5.74, 6) is 2.99. The zero-order valence-electron chi connectivity index (χ0n) is 14.2. The van der Waals surface area contributed by atoms with Crippen molar-refractivity contribution >= 4 is 0 Å². The van der Waals surface area contributed by atoms with Gasteiger partial charge in [-0.05, 0) is 51.8 Å². The van der Waals surface area contributed by atoms with Gasteiger partial charge in [0, 0.05) is 18.2 Å². The molecular formula is C18H32N2O. The number of aryl methyl sites for hydroxylation is 1. The van der Waals surface area contributed by atoms with Crippen LogP contribution in [0.2, 0.25) is 0 Å². The second-order valence-electron chi connectivity index (χ2n) is 6.72. The summed E-state index contributed by atoms with van der Waals surface area (Å²) >= 11 is 0. The summed E-state index contributed by atoms with van der Waals surface area (Å²) in [6, 6.07) is 2.95. The molecule has 0 saturated heterocycles. The van der Waals surface area contributed by atoms with Crippen molar-refractivity contribution in [1.82, 2.24) is 10.2 Å². The van der Waals surface area contributed by atoms with Crippen LogP contribution in [0.1, 0.15) is 63.0 Å². The number of furan rings is 1. The van der Waals surface area contributed by atoms with Gasteiger partial charge in [-0.1, -0.05) is 26.7 Å². The molecule has 2 unspecified atom stereocenters. The monoisotopic (exact) mass is 292 g/mol. The van der Waals surface area contributed by atoms with Crippen molar-refractivity contribution in [1.29, 1.82) is 0 Å². The number of hydrogen-bond acceptors (Lipinski definition) is 3. The van der Waals surface area contributed by atoms with E-state index in [1.54, 1.807) is 0 Å². The van der Waals surface area contributed by atoms with Crippen LogP contribution in [0.25, 0.3) is 0 Å². The van der Waals surface area contributed by atoms with Crippen LogP contribution < -0.4 is 5.32 Å². The Kier molecular flexibility index (Phi) is 6.31. The molecule has 0 bridgehead atoms. The standard InChI is InChI=1S/C18H32N2O/c1-5-10-19-12-16-11-17(21-15(16)3)13-20(4)18-9-7-6-8-14(18)2/h11,14,18-19H,5-10,12-13H2,1-4H3. The molecule has 1 fully saturated rings. The molecular weight excluding hydrogens is 260 g/mol. The second-order valence-corrected chi connectivity index (χ2v) is 6.72. The van der Waals surface area contributed by atoms with E-state index in [1.807, 2.05) is 0 Å². The van der Waals surface area contributed by atoms with Crippen molar-refractivity contribution < 1.29 is 4.42 Å². The Morgan fingerprint density at radius 2 is 2.10 bits per heavy atom. The van der Waals surface area contributed by atoms with Gasteiger partial charge in [-0.3, -0.25) is 4.90 Å². The Morgan fingerprint density at radius 1 is 1.33 bits per heavy atom. The van der Waals surface area contributed by atoms with Gasteiger partial charge in [-0.25, -0.2) is 0 Å². The lowest BCUT2D eigenvalue weighted by Crippen LogP contribution is -2.38. The third kappa shape index (κ3) is 4.58. The molecule has 1 aliphatic carbocycles.